The molecule has 0 N–H and O–H groups in total. The summed E-state index contributed by atoms with van der Waals surface area (Å²) < 4.78 is 10.5. The Labute approximate surface area is 72.8 Å². The molecule has 2 aromatic rings. The number of benzene rings is 1. The van der Waals surface area contributed by atoms with Gasteiger partial charge < -0.3 is 8.94 Å². The fourth-order valence-electron chi connectivity index (χ4n) is 1.26. The molecule has 1 aromatic heterocycles. The van der Waals surface area contributed by atoms with E-state index in [4.69, 9.17) is 8.94 Å². The molecule has 0 aliphatic rings. The van der Waals surface area contributed by atoms with Crippen molar-refractivity contribution in [1.29, 1.82) is 0 Å². The number of para-hydroxylation sites is 1. The molecule has 0 bridgehead atoms. The lowest BCUT2D eigenvalue weighted by Crippen LogP contribution is -1.73. The second-order valence-electron chi connectivity index (χ2n) is 2.65. The van der Waals surface area contributed by atoms with Crippen LogP contribution in [0.3, 0.4) is 0 Å². The summed E-state index contributed by atoms with van der Waals surface area (Å²) in [5.41, 5.74) is 0.810. The first kappa shape index (κ1) is 7.63. The normalized spacial score (nSPS) is 10.5. The molecule has 0 saturated heterocycles. The van der Waals surface area contributed by atoms with Crippen molar-refractivity contribution in [3.8, 4) is 5.75 Å². The van der Waals surface area contributed by atoms with Crippen LogP contribution in [0.25, 0.3) is 11.0 Å². The van der Waals surface area contributed by atoms with E-state index in [-0.39, 0.29) is 0 Å². The van der Waals surface area contributed by atoms with E-state index in [0.29, 0.717) is 0 Å². The SMILES string of the molecule is Cc1cc2cccc(OP)c2o1. The molecule has 0 aliphatic carbocycles. The van der Waals surface area contributed by atoms with E-state index in [1.165, 1.54) is 0 Å². The predicted molar refractivity (Wildman–Crippen MR) is 51.3 cm³/mol. The maximum Gasteiger partial charge on any atom is 0.176 e. The van der Waals surface area contributed by atoms with Gasteiger partial charge >= 0.3 is 0 Å². The lowest BCUT2D eigenvalue weighted by Gasteiger charge is -1.97. The lowest BCUT2D eigenvalue weighted by atomic mass is 10.2. The van der Waals surface area contributed by atoms with Crippen molar-refractivity contribution in [1.82, 2.24) is 0 Å². The summed E-state index contributed by atoms with van der Waals surface area (Å²) in [5, 5.41) is 1.08. The number of hydrogen-bond acceptors (Lipinski definition) is 2. The molecule has 1 heterocycles. The number of rotatable bonds is 1. The van der Waals surface area contributed by atoms with Gasteiger partial charge in [-0.05, 0) is 19.1 Å². The van der Waals surface area contributed by atoms with Gasteiger partial charge in [0.05, 0.1) is 9.47 Å². The average molecular weight is 180 g/mol. The van der Waals surface area contributed by atoms with E-state index in [1.807, 2.05) is 31.2 Å². The van der Waals surface area contributed by atoms with E-state index in [9.17, 15) is 0 Å². The largest absolute Gasteiger partial charge is 0.476 e. The van der Waals surface area contributed by atoms with Crippen LogP contribution in [0.15, 0.2) is 28.7 Å². The fourth-order valence-corrected chi connectivity index (χ4v) is 1.44. The Balaban J connectivity index is 2.78. The molecule has 1 aromatic carbocycles. The third-order valence-electron chi connectivity index (χ3n) is 1.76. The number of aryl methyl sites for hydroxylation is 1. The monoisotopic (exact) mass is 180 g/mol. The van der Waals surface area contributed by atoms with Gasteiger partial charge in [-0.3, -0.25) is 0 Å². The van der Waals surface area contributed by atoms with Crippen LogP contribution in [0.1, 0.15) is 5.76 Å². The highest BCUT2D eigenvalue weighted by Crippen LogP contribution is 2.29. The van der Waals surface area contributed by atoms with Gasteiger partial charge in [0.25, 0.3) is 0 Å². The molecule has 0 amide bonds. The van der Waals surface area contributed by atoms with Crippen LogP contribution in [0.4, 0.5) is 0 Å². The second-order valence-corrected chi connectivity index (χ2v) is 2.89. The Hall–Kier alpha value is -1.01. The molecule has 0 fully saturated rings. The van der Waals surface area contributed by atoms with Gasteiger partial charge in [0.15, 0.2) is 11.3 Å². The van der Waals surface area contributed by atoms with Crippen molar-refractivity contribution in [2.24, 2.45) is 0 Å². The van der Waals surface area contributed by atoms with E-state index in [0.717, 1.165) is 22.5 Å². The summed E-state index contributed by atoms with van der Waals surface area (Å²) in [5.74, 6) is 1.66. The van der Waals surface area contributed by atoms with Crippen LogP contribution >= 0.6 is 9.47 Å². The topological polar surface area (TPSA) is 22.4 Å². The number of hydrogen-bond donors (Lipinski definition) is 0. The minimum atomic E-state index is 0.755. The van der Waals surface area contributed by atoms with E-state index in [2.05, 4.69) is 9.47 Å². The van der Waals surface area contributed by atoms with Crippen molar-refractivity contribution in [2.45, 2.75) is 6.92 Å². The first-order valence-corrected chi connectivity index (χ1v) is 4.14. The van der Waals surface area contributed by atoms with Crippen molar-refractivity contribution < 1.29 is 8.94 Å². The Bertz CT molecular complexity index is 406. The van der Waals surface area contributed by atoms with Crippen molar-refractivity contribution >= 4 is 20.4 Å². The van der Waals surface area contributed by atoms with E-state index in [1.54, 1.807) is 0 Å². The van der Waals surface area contributed by atoms with Gasteiger partial charge in [-0.25, -0.2) is 0 Å². The van der Waals surface area contributed by atoms with Gasteiger partial charge in [-0.15, -0.1) is 0 Å². The molecule has 0 saturated carbocycles. The van der Waals surface area contributed by atoms with Crippen LogP contribution in [0.2, 0.25) is 0 Å². The summed E-state index contributed by atoms with van der Waals surface area (Å²) >= 11 is 0. The number of fused-ring (bicyclic) bond motifs is 1. The third-order valence-corrected chi connectivity index (χ3v) is 2.01. The summed E-state index contributed by atoms with van der Waals surface area (Å²) in [6.07, 6.45) is 0. The predicted octanol–water partition coefficient (Wildman–Crippen LogP) is 2.91. The maximum atomic E-state index is 5.45. The van der Waals surface area contributed by atoms with Crippen LogP contribution in [-0.4, -0.2) is 0 Å². The number of furan rings is 1. The first-order valence-electron chi connectivity index (χ1n) is 3.67. The van der Waals surface area contributed by atoms with Gasteiger partial charge in [-0.2, -0.15) is 0 Å². The van der Waals surface area contributed by atoms with Gasteiger partial charge in [0, 0.05) is 5.39 Å². The van der Waals surface area contributed by atoms with Gasteiger partial charge in [0.1, 0.15) is 5.76 Å². The summed E-state index contributed by atoms with van der Waals surface area (Å²) in [6.45, 7) is 1.92. The van der Waals surface area contributed by atoms with Gasteiger partial charge in [-0.1, -0.05) is 12.1 Å². The molecule has 12 heavy (non-hydrogen) atoms. The van der Waals surface area contributed by atoms with Crippen molar-refractivity contribution in [2.75, 3.05) is 0 Å². The molecule has 62 valence electrons. The Morgan fingerprint density at radius 2 is 2.25 bits per heavy atom. The zero-order valence-electron chi connectivity index (χ0n) is 6.70. The molecule has 3 heteroatoms. The minimum absolute atomic E-state index is 0.755. The van der Waals surface area contributed by atoms with Crippen LogP contribution in [-0.2, 0) is 0 Å². The molecule has 2 nitrogen and oxygen atoms in total. The molecular formula is C9H9O2P. The van der Waals surface area contributed by atoms with Crippen molar-refractivity contribution in [3.05, 3.63) is 30.0 Å². The molecule has 0 spiro atoms. The van der Waals surface area contributed by atoms with Crippen molar-refractivity contribution in [3.63, 3.8) is 0 Å². The average Bonchev–Trinajstić information content (AvgIpc) is 2.44. The summed E-state index contributed by atoms with van der Waals surface area (Å²) in [4.78, 5) is 0. The van der Waals surface area contributed by atoms with Crippen LogP contribution in [0, 0.1) is 6.92 Å². The lowest BCUT2D eigenvalue weighted by molar-refractivity contribution is 0.553. The molecular weight excluding hydrogens is 171 g/mol. The Kier molecular flexibility index (Phi) is 1.78. The highest BCUT2D eigenvalue weighted by atomic mass is 31.0. The minimum Gasteiger partial charge on any atom is -0.476 e. The van der Waals surface area contributed by atoms with Crippen LogP contribution in [0.5, 0.6) is 5.75 Å². The Morgan fingerprint density at radius 3 is 3.00 bits per heavy atom. The maximum absolute atomic E-state index is 5.45. The summed E-state index contributed by atoms with van der Waals surface area (Å²) in [7, 11) is 2.22. The summed E-state index contributed by atoms with van der Waals surface area (Å²) in [6, 6.07) is 7.80. The molecule has 0 aliphatic heterocycles. The fraction of sp³-hybridized carbons (Fsp3) is 0.111. The van der Waals surface area contributed by atoms with Crippen LogP contribution < -0.4 is 4.52 Å². The zero-order chi connectivity index (χ0) is 8.55. The quantitative estimate of drug-likeness (QED) is 0.629. The first-order chi connectivity index (χ1) is 5.81. The molecule has 0 radical (unpaired) electrons. The van der Waals surface area contributed by atoms with E-state index < -0.39 is 0 Å². The van der Waals surface area contributed by atoms with E-state index >= 15 is 0 Å². The molecule has 2 rings (SSSR count). The highest BCUT2D eigenvalue weighted by Gasteiger charge is 2.04. The Morgan fingerprint density at radius 1 is 1.42 bits per heavy atom. The smallest absolute Gasteiger partial charge is 0.176 e. The molecule has 1 unspecified atom stereocenters. The molecule has 1 atom stereocenters. The highest BCUT2D eigenvalue weighted by molar-refractivity contribution is 7.10. The zero-order valence-corrected chi connectivity index (χ0v) is 7.86. The van der Waals surface area contributed by atoms with Gasteiger partial charge in [0.2, 0.25) is 0 Å². The third kappa shape index (κ3) is 1.09. The standard InChI is InChI=1S/C9H9O2P/c1-6-5-7-3-2-4-8(11-12)9(7)10-6/h2-5H,12H2,1H3. The second kappa shape index (κ2) is 2.80.